The maximum atomic E-state index is 14.3. The molecule has 0 radical (unpaired) electrons. The van der Waals surface area contributed by atoms with Crippen molar-refractivity contribution in [3.05, 3.63) is 54.2 Å². The lowest BCUT2D eigenvalue weighted by molar-refractivity contribution is -0.141. The van der Waals surface area contributed by atoms with Gasteiger partial charge in [0.05, 0.1) is 6.33 Å². The van der Waals surface area contributed by atoms with Crippen molar-refractivity contribution in [3.8, 4) is 0 Å². The summed E-state index contributed by atoms with van der Waals surface area (Å²) in [6, 6.07) is 0.450. The molecule has 0 spiro atoms. The number of aromatic nitrogens is 3. The number of carboxylic acid groups (broad SMARTS) is 1. The Bertz CT molecular complexity index is 1820. The number of aromatic amines is 2. The van der Waals surface area contributed by atoms with E-state index in [4.69, 9.17) is 5.73 Å². The van der Waals surface area contributed by atoms with Crippen LogP contribution in [-0.2, 0) is 46.4 Å². The number of carbonyl (C=O) groups excluding carboxylic acids is 6. The normalized spacial score (nSPS) is 14.4. The van der Waals surface area contributed by atoms with Crippen LogP contribution in [0.3, 0.4) is 0 Å². The minimum atomic E-state index is -1.28. The summed E-state index contributed by atoms with van der Waals surface area (Å²) in [7, 11) is 0. The Morgan fingerprint density at radius 2 is 1.39 bits per heavy atom. The summed E-state index contributed by atoms with van der Waals surface area (Å²) < 4.78 is 0. The maximum Gasteiger partial charge on any atom is 0.325 e. The monoisotopic (exact) mass is 812 g/mol. The first-order valence-electron chi connectivity index (χ1n) is 18.9. The quantitative estimate of drug-likeness (QED) is 0.0548. The van der Waals surface area contributed by atoms with Gasteiger partial charge in [-0.15, -0.1) is 0 Å². The number of unbranched alkanes of at least 4 members (excludes halogenated alkanes) is 1. The van der Waals surface area contributed by atoms with Crippen molar-refractivity contribution in [1.29, 1.82) is 0 Å². The molecule has 6 atom stereocenters. The highest BCUT2D eigenvalue weighted by atomic mass is 32.2. The minimum Gasteiger partial charge on any atom is -0.480 e. The molecule has 0 aliphatic rings. The number of H-pyrrole nitrogens is 2. The number of fused-ring (bicyclic) bond motifs is 1. The fourth-order valence-electron chi connectivity index (χ4n) is 6.04. The maximum absolute atomic E-state index is 14.3. The van der Waals surface area contributed by atoms with Crippen LogP contribution >= 0.6 is 11.8 Å². The molecule has 19 heteroatoms. The van der Waals surface area contributed by atoms with Crippen LogP contribution in [0.25, 0.3) is 10.9 Å². The molecule has 57 heavy (non-hydrogen) atoms. The molecule has 0 saturated carbocycles. The second-order valence-electron chi connectivity index (χ2n) is 14.1. The molecule has 0 unspecified atom stereocenters. The first-order chi connectivity index (χ1) is 27.1. The van der Waals surface area contributed by atoms with E-state index in [0.717, 1.165) is 10.9 Å². The summed E-state index contributed by atoms with van der Waals surface area (Å²) in [5.41, 5.74) is 7.63. The van der Waals surface area contributed by atoms with Crippen molar-refractivity contribution >= 4 is 64.1 Å². The Morgan fingerprint density at radius 3 is 2.00 bits per heavy atom. The number of nitrogens with zero attached hydrogens (tertiary/aromatic N) is 1. The van der Waals surface area contributed by atoms with E-state index in [9.17, 15) is 38.7 Å². The van der Waals surface area contributed by atoms with E-state index < -0.39 is 83.6 Å². The van der Waals surface area contributed by atoms with Gasteiger partial charge in [0.25, 0.3) is 0 Å². The van der Waals surface area contributed by atoms with Gasteiger partial charge in [0.2, 0.25) is 35.4 Å². The van der Waals surface area contributed by atoms with E-state index >= 15 is 0 Å². The zero-order valence-corrected chi connectivity index (χ0v) is 33.8. The van der Waals surface area contributed by atoms with Crippen LogP contribution < -0.4 is 37.6 Å². The lowest BCUT2D eigenvalue weighted by Crippen LogP contribution is -2.61. The molecule has 18 nitrogen and oxygen atoms in total. The summed E-state index contributed by atoms with van der Waals surface area (Å²) in [5, 5.41) is 26.2. The second kappa shape index (κ2) is 23.0. The van der Waals surface area contributed by atoms with Gasteiger partial charge in [-0.3, -0.25) is 33.6 Å². The number of imidazole rings is 1. The van der Waals surface area contributed by atoms with Gasteiger partial charge in [0.15, 0.2) is 0 Å². The van der Waals surface area contributed by atoms with Crippen molar-refractivity contribution in [1.82, 2.24) is 46.9 Å². The Hall–Kier alpha value is -5.43. The third-order valence-corrected chi connectivity index (χ3v) is 9.85. The standard InChI is InChI=1S/C38H56N10O8S/c1-21(2)32(48-34(51)29(13-15-57-5)44-23(4)49)37(54)47-31(17-25-19-40-20-42-25)36(53)46-30(16-24-18-41-27-11-7-6-10-26(24)27)35(52)45-28(12-8-9-14-39)33(50)43-22(3)38(55)56/h6-7,10-11,18-22,28-32,41H,8-9,12-17,39H2,1-5H3,(H,40,42)(H,43,50)(H,44,49)(H,45,52)(H,46,53)(H,47,54)(H,48,51)(H,55,56)/t22-,28-,29-,30-,31-,32-/m0/s1. The summed E-state index contributed by atoms with van der Waals surface area (Å²) in [6.45, 7) is 6.39. The van der Waals surface area contributed by atoms with Crippen molar-refractivity contribution in [2.75, 3.05) is 18.6 Å². The van der Waals surface area contributed by atoms with E-state index in [1.807, 2.05) is 30.5 Å². The van der Waals surface area contributed by atoms with Gasteiger partial charge >= 0.3 is 5.97 Å². The van der Waals surface area contributed by atoms with E-state index in [-0.39, 0.29) is 19.3 Å². The number of aliphatic carboxylic acids is 1. The first kappa shape index (κ1) is 46.0. The fourth-order valence-corrected chi connectivity index (χ4v) is 6.51. The molecule has 2 aromatic heterocycles. The summed E-state index contributed by atoms with van der Waals surface area (Å²) in [6.07, 6.45) is 7.85. The Labute approximate surface area is 335 Å². The van der Waals surface area contributed by atoms with Gasteiger partial charge in [-0.05, 0) is 68.7 Å². The Morgan fingerprint density at radius 1 is 0.772 bits per heavy atom. The molecule has 3 rings (SSSR count). The molecule has 0 bridgehead atoms. The molecular weight excluding hydrogens is 757 g/mol. The van der Waals surface area contributed by atoms with Gasteiger partial charge in [0.1, 0.15) is 36.3 Å². The fraction of sp³-hybridized carbons (Fsp3) is 0.526. The molecular formula is C38H56N10O8S. The molecule has 0 aliphatic carbocycles. The van der Waals surface area contributed by atoms with Crippen LogP contribution in [0.1, 0.15) is 64.6 Å². The largest absolute Gasteiger partial charge is 0.480 e. The molecule has 0 aliphatic heterocycles. The highest BCUT2D eigenvalue weighted by Gasteiger charge is 2.34. The smallest absolute Gasteiger partial charge is 0.325 e. The predicted octanol–water partition coefficient (Wildman–Crippen LogP) is 0.248. The van der Waals surface area contributed by atoms with Crippen LogP contribution in [0.5, 0.6) is 0 Å². The molecule has 312 valence electrons. The van der Waals surface area contributed by atoms with Crippen molar-refractivity contribution in [3.63, 3.8) is 0 Å². The topological polar surface area (TPSA) is 282 Å². The van der Waals surface area contributed by atoms with Crippen LogP contribution in [0, 0.1) is 5.92 Å². The number of carboxylic acids is 1. The summed E-state index contributed by atoms with van der Waals surface area (Å²) in [5.74, 6) is -4.93. The average molecular weight is 813 g/mol. The van der Waals surface area contributed by atoms with E-state index in [0.29, 0.717) is 42.8 Å². The SMILES string of the molecule is CSCC[C@H](NC(C)=O)C(=O)N[C@H](C(=O)N[C@@H](Cc1cnc[nH]1)C(=O)N[C@@H](Cc1c[nH]c2ccccc12)C(=O)N[C@@H](CCCCN)C(=O)N[C@@H](C)C(=O)O)C(C)C. The summed E-state index contributed by atoms with van der Waals surface area (Å²) >= 11 is 1.50. The highest BCUT2D eigenvalue weighted by Crippen LogP contribution is 2.20. The van der Waals surface area contributed by atoms with Crippen LogP contribution in [0.2, 0.25) is 0 Å². The van der Waals surface area contributed by atoms with Crippen LogP contribution in [-0.4, -0.2) is 116 Å². The molecule has 3 aromatic rings. The van der Waals surface area contributed by atoms with E-state index in [1.54, 1.807) is 20.0 Å². The van der Waals surface area contributed by atoms with Gasteiger partial charge in [-0.1, -0.05) is 32.0 Å². The first-order valence-corrected chi connectivity index (χ1v) is 20.3. The number of carbonyl (C=O) groups is 7. The lowest BCUT2D eigenvalue weighted by atomic mass is 10.0. The van der Waals surface area contributed by atoms with Crippen LogP contribution in [0.15, 0.2) is 43.0 Å². The number of nitrogens with one attached hydrogen (secondary N) is 8. The van der Waals surface area contributed by atoms with Gasteiger partial charge in [-0.25, -0.2) is 4.98 Å². The van der Waals surface area contributed by atoms with Gasteiger partial charge in [0, 0.05) is 48.8 Å². The minimum absolute atomic E-state index is 0.0275. The zero-order valence-electron chi connectivity index (χ0n) is 33.0. The number of thioether (sulfide) groups is 1. The third kappa shape index (κ3) is 14.5. The number of benzene rings is 1. The molecule has 11 N–H and O–H groups in total. The molecule has 2 heterocycles. The number of amides is 6. The van der Waals surface area contributed by atoms with Crippen molar-refractivity contribution < 1.29 is 38.7 Å². The Balaban J connectivity index is 1.94. The van der Waals surface area contributed by atoms with E-state index in [2.05, 4.69) is 46.9 Å². The number of hydrogen-bond acceptors (Lipinski definition) is 10. The molecule has 1 aromatic carbocycles. The zero-order chi connectivity index (χ0) is 42.1. The lowest BCUT2D eigenvalue weighted by Gasteiger charge is -2.28. The summed E-state index contributed by atoms with van der Waals surface area (Å²) in [4.78, 5) is 102. The number of rotatable bonds is 24. The molecule has 6 amide bonds. The second-order valence-corrected chi connectivity index (χ2v) is 15.1. The highest BCUT2D eigenvalue weighted by molar-refractivity contribution is 7.98. The number of hydrogen-bond donors (Lipinski definition) is 10. The molecule has 0 saturated heterocycles. The van der Waals surface area contributed by atoms with Crippen molar-refractivity contribution in [2.24, 2.45) is 11.7 Å². The van der Waals surface area contributed by atoms with Gasteiger partial charge in [-0.2, -0.15) is 11.8 Å². The Kier molecular flexibility index (Phi) is 18.5. The average Bonchev–Trinajstić information content (AvgIpc) is 3.84. The van der Waals surface area contributed by atoms with E-state index in [1.165, 1.54) is 38.1 Å². The number of para-hydroxylation sites is 1. The van der Waals surface area contributed by atoms with Crippen LogP contribution in [0.4, 0.5) is 0 Å². The number of nitrogens with two attached hydrogens (primary N) is 1. The predicted molar refractivity (Wildman–Crippen MR) is 216 cm³/mol. The molecule has 0 fully saturated rings. The van der Waals surface area contributed by atoms with Crippen molar-refractivity contribution in [2.45, 2.75) is 102 Å². The third-order valence-electron chi connectivity index (χ3n) is 9.20. The van der Waals surface area contributed by atoms with Gasteiger partial charge < -0.3 is 52.7 Å².